The molecule has 0 atom stereocenters. The van der Waals surface area contributed by atoms with E-state index in [1.165, 1.54) is 0 Å². The number of nitrogens with one attached hydrogen (secondary N) is 1. The van der Waals surface area contributed by atoms with Crippen molar-refractivity contribution in [2.24, 2.45) is 0 Å². The van der Waals surface area contributed by atoms with Crippen LogP contribution in [0.2, 0.25) is 5.02 Å². The molecule has 0 radical (unpaired) electrons. The molecule has 0 saturated heterocycles. The minimum Gasteiger partial charge on any atom is -0.481 e. The fourth-order valence-corrected chi connectivity index (χ4v) is 2.79. The lowest BCUT2D eigenvalue weighted by atomic mass is 10.2. The monoisotopic (exact) mass is 369 g/mol. The molecule has 1 aromatic heterocycles. The van der Waals surface area contributed by atoms with Crippen LogP contribution in [-0.2, 0) is 4.79 Å². The van der Waals surface area contributed by atoms with E-state index in [2.05, 4.69) is 22.1 Å². The van der Waals surface area contributed by atoms with E-state index < -0.39 is 0 Å². The van der Waals surface area contributed by atoms with Gasteiger partial charge in [-0.15, -0.1) is 0 Å². The van der Waals surface area contributed by atoms with Crippen molar-refractivity contribution in [3.63, 3.8) is 0 Å². The largest absolute Gasteiger partial charge is 0.481 e. The molecule has 26 heavy (non-hydrogen) atoms. The highest BCUT2D eigenvalue weighted by Gasteiger charge is 2.10. The number of fused-ring (bicyclic) bond motifs is 1. The van der Waals surface area contributed by atoms with Gasteiger partial charge < -0.3 is 15.0 Å². The molecule has 134 valence electrons. The van der Waals surface area contributed by atoms with Crippen LogP contribution in [-0.4, -0.2) is 31.1 Å². The number of hydrogen-bond donors (Lipinski definition) is 1. The first-order chi connectivity index (χ1) is 12.6. The molecule has 3 rings (SSSR count). The van der Waals surface area contributed by atoms with Gasteiger partial charge in [-0.2, -0.15) is 0 Å². The standard InChI is InChI=1S/C20H20ClN3O2/c1-3-24(2)15-7-4-6-14(12-15)23-19(25)13-26-18-10-9-17(21)16-8-5-11-22-20(16)18/h4-12H,3,13H2,1-2H3,(H,23,25). The molecule has 2 aromatic carbocycles. The highest BCUT2D eigenvalue weighted by Crippen LogP contribution is 2.29. The van der Waals surface area contributed by atoms with Crippen LogP contribution < -0.4 is 15.0 Å². The summed E-state index contributed by atoms with van der Waals surface area (Å²) in [6, 6.07) is 14.8. The molecule has 0 aliphatic heterocycles. The van der Waals surface area contributed by atoms with Crippen LogP contribution >= 0.6 is 11.6 Å². The molecule has 1 heterocycles. The van der Waals surface area contributed by atoms with E-state index in [1.54, 1.807) is 18.3 Å². The smallest absolute Gasteiger partial charge is 0.262 e. The topological polar surface area (TPSA) is 54.5 Å². The number of aromatic nitrogens is 1. The first-order valence-corrected chi connectivity index (χ1v) is 8.73. The summed E-state index contributed by atoms with van der Waals surface area (Å²) in [5, 5.41) is 4.25. The van der Waals surface area contributed by atoms with Crippen molar-refractivity contribution in [2.45, 2.75) is 6.92 Å². The average Bonchev–Trinajstić information content (AvgIpc) is 2.67. The Hall–Kier alpha value is -2.79. The van der Waals surface area contributed by atoms with E-state index in [1.807, 2.05) is 43.4 Å². The van der Waals surface area contributed by atoms with Crippen molar-refractivity contribution in [1.82, 2.24) is 4.98 Å². The Kier molecular flexibility index (Phi) is 5.58. The zero-order chi connectivity index (χ0) is 18.5. The predicted octanol–water partition coefficient (Wildman–Crippen LogP) is 4.36. The van der Waals surface area contributed by atoms with Gasteiger partial charge in [0.1, 0.15) is 11.3 Å². The Morgan fingerprint density at radius 3 is 2.88 bits per heavy atom. The third-order valence-electron chi connectivity index (χ3n) is 4.08. The highest BCUT2D eigenvalue weighted by molar-refractivity contribution is 6.35. The third kappa shape index (κ3) is 4.06. The summed E-state index contributed by atoms with van der Waals surface area (Å²) in [7, 11) is 2.00. The molecule has 3 aromatic rings. The van der Waals surface area contributed by atoms with E-state index >= 15 is 0 Å². The number of benzene rings is 2. The van der Waals surface area contributed by atoms with Crippen LogP contribution in [0, 0.1) is 0 Å². The Morgan fingerprint density at radius 2 is 2.08 bits per heavy atom. The van der Waals surface area contributed by atoms with Crippen molar-refractivity contribution in [3.05, 3.63) is 59.8 Å². The summed E-state index contributed by atoms with van der Waals surface area (Å²) in [6.45, 7) is 2.85. The zero-order valence-electron chi connectivity index (χ0n) is 14.7. The highest BCUT2D eigenvalue weighted by atomic mass is 35.5. The number of carbonyl (C=O) groups excluding carboxylic acids is 1. The Labute approximate surface area is 157 Å². The summed E-state index contributed by atoms with van der Waals surface area (Å²) < 4.78 is 5.66. The lowest BCUT2D eigenvalue weighted by Gasteiger charge is -2.17. The number of ether oxygens (including phenoxy) is 1. The quantitative estimate of drug-likeness (QED) is 0.701. The number of carbonyl (C=O) groups is 1. The minimum atomic E-state index is -0.236. The summed E-state index contributed by atoms with van der Waals surface area (Å²) in [5.41, 5.74) is 2.41. The van der Waals surface area contributed by atoms with Gasteiger partial charge in [0.25, 0.3) is 5.91 Å². The van der Waals surface area contributed by atoms with Gasteiger partial charge in [0.2, 0.25) is 0 Å². The van der Waals surface area contributed by atoms with Crippen molar-refractivity contribution in [3.8, 4) is 5.75 Å². The van der Waals surface area contributed by atoms with Crippen LogP contribution in [0.1, 0.15) is 6.92 Å². The first kappa shape index (κ1) is 18.0. The fourth-order valence-electron chi connectivity index (χ4n) is 2.57. The van der Waals surface area contributed by atoms with Gasteiger partial charge in [-0.1, -0.05) is 17.7 Å². The second kappa shape index (κ2) is 8.06. The number of amides is 1. The van der Waals surface area contributed by atoms with Crippen molar-refractivity contribution in [2.75, 3.05) is 30.4 Å². The summed E-state index contributed by atoms with van der Waals surface area (Å²) in [5.74, 6) is 0.292. The van der Waals surface area contributed by atoms with Gasteiger partial charge in [0.05, 0.1) is 5.02 Å². The Balaban J connectivity index is 1.68. The molecule has 0 fully saturated rings. The Morgan fingerprint density at radius 1 is 1.23 bits per heavy atom. The molecule has 6 heteroatoms. The molecule has 1 N–H and O–H groups in total. The number of hydrogen-bond acceptors (Lipinski definition) is 4. The molecule has 0 unspecified atom stereocenters. The minimum absolute atomic E-state index is 0.110. The predicted molar refractivity (Wildman–Crippen MR) is 106 cm³/mol. The van der Waals surface area contributed by atoms with Gasteiger partial charge in [-0.3, -0.25) is 9.78 Å². The van der Waals surface area contributed by atoms with E-state index in [9.17, 15) is 4.79 Å². The molecule has 1 amide bonds. The molecule has 0 saturated carbocycles. The fraction of sp³-hybridized carbons (Fsp3) is 0.200. The van der Waals surface area contributed by atoms with Crippen molar-refractivity contribution < 1.29 is 9.53 Å². The summed E-state index contributed by atoms with van der Waals surface area (Å²) >= 11 is 6.17. The molecule has 0 bridgehead atoms. The van der Waals surface area contributed by atoms with Crippen LogP contribution in [0.15, 0.2) is 54.7 Å². The van der Waals surface area contributed by atoms with Gasteiger partial charge in [-0.25, -0.2) is 0 Å². The van der Waals surface area contributed by atoms with Gasteiger partial charge in [-0.05, 0) is 49.4 Å². The average molecular weight is 370 g/mol. The maximum Gasteiger partial charge on any atom is 0.262 e. The molecular weight excluding hydrogens is 350 g/mol. The molecular formula is C20H20ClN3O2. The second-order valence-electron chi connectivity index (χ2n) is 5.85. The molecule has 0 aliphatic carbocycles. The third-order valence-corrected chi connectivity index (χ3v) is 4.41. The second-order valence-corrected chi connectivity index (χ2v) is 6.25. The Bertz CT molecular complexity index is 930. The summed E-state index contributed by atoms with van der Waals surface area (Å²) in [4.78, 5) is 18.6. The summed E-state index contributed by atoms with van der Waals surface area (Å²) in [6.07, 6.45) is 1.67. The van der Waals surface area contributed by atoms with Crippen LogP contribution in [0.3, 0.4) is 0 Å². The maximum atomic E-state index is 12.2. The van der Waals surface area contributed by atoms with Gasteiger partial charge in [0.15, 0.2) is 6.61 Å². The van der Waals surface area contributed by atoms with E-state index in [0.29, 0.717) is 16.3 Å². The van der Waals surface area contributed by atoms with Crippen molar-refractivity contribution >= 4 is 39.8 Å². The molecule has 0 aliphatic rings. The molecule has 5 nitrogen and oxygen atoms in total. The van der Waals surface area contributed by atoms with Crippen LogP contribution in [0.5, 0.6) is 5.75 Å². The van der Waals surface area contributed by atoms with E-state index in [0.717, 1.165) is 23.3 Å². The number of rotatable bonds is 6. The zero-order valence-corrected chi connectivity index (χ0v) is 15.5. The number of pyridine rings is 1. The van der Waals surface area contributed by atoms with Crippen LogP contribution in [0.25, 0.3) is 10.9 Å². The maximum absolute atomic E-state index is 12.2. The number of nitrogens with zero attached hydrogens (tertiary/aromatic N) is 2. The van der Waals surface area contributed by atoms with Crippen LogP contribution in [0.4, 0.5) is 11.4 Å². The number of halogens is 1. The SMILES string of the molecule is CCN(C)c1cccc(NC(=O)COc2ccc(Cl)c3cccnc23)c1. The lowest BCUT2D eigenvalue weighted by Crippen LogP contribution is -2.21. The van der Waals surface area contributed by atoms with E-state index in [-0.39, 0.29) is 12.5 Å². The molecule has 0 spiro atoms. The normalized spacial score (nSPS) is 10.6. The van der Waals surface area contributed by atoms with Gasteiger partial charge in [0, 0.05) is 36.6 Å². The lowest BCUT2D eigenvalue weighted by molar-refractivity contribution is -0.118. The van der Waals surface area contributed by atoms with E-state index in [4.69, 9.17) is 16.3 Å². The van der Waals surface area contributed by atoms with Crippen molar-refractivity contribution in [1.29, 1.82) is 0 Å². The van der Waals surface area contributed by atoms with Gasteiger partial charge >= 0.3 is 0 Å². The first-order valence-electron chi connectivity index (χ1n) is 8.35. The number of anilines is 2.